The second-order valence-electron chi connectivity index (χ2n) is 3.41. The highest BCUT2D eigenvalue weighted by Gasteiger charge is 1.97. The van der Waals surface area contributed by atoms with Crippen LogP contribution in [0.3, 0.4) is 0 Å². The second kappa shape index (κ2) is 10.9. The summed E-state index contributed by atoms with van der Waals surface area (Å²) in [5.41, 5.74) is 0. The van der Waals surface area contributed by atoms with E-state index in [2.05, 4.69) is 43.2 Å². The van der Waals surface area contributed by atoms with Crippen molar-refractivity contribution in [3.63, 3.8) is 0 Å². The van der Waals surface area contributed by atoms with Gasteiger partial charge >= 0.3 is 0 Å². The second-order valence-corrected chi connectivity index (χ2v) is 8.81. The zero-order valence-electron chi connectivity index (χ0n) is 8.70. The van der Waals surface area contributed by atoms with Gasteiger partial charge in [-0.05, 0) is 25.7 Å². The van der Waals surface area contributed by atoms with E-state index in [0.29, 0.717) is 0 Å². The summed E-state index contributed by atoms with van der Waals surface area (Å²) in [6.45, 7) is 0. The van der Waals surface area contributed by atoms with Gasteiger partial charge in [0.1, 0.15) is 0 Å². The molecule has 0 spiro atoms. The minimum atomic E-state index is 1.36. The molecule has 4 heteroatoms. The van der Waals surface area contributed by atoms with Crippen LogP contribution in [0.5, 0.6) is 0 Å². The van der Waals surface area contributed by atoms with Crippen molar-refractivity contribution in [1.29, 1.82) is 0 Å². The Morgan fingerprint density at radius 1 is 0.357 bits per heavy atom. The lowest BCUT2D eigenvalue weighted by molar-refractivity contribution is 0.784. The molecule has 0 radical (unpaired) electrons. The molecule has 1 aliphatic heterocycles. The molecule has 0 aromatic carbocycles. The average molecular weight is 269 g/mol. The van der Waals surface area contributed by atoms with Crippen molar-refractivity contribution in [3.8, 4) is 0 Å². The lowest BCUT2D eigenvalue weighted by Gasteiger charge is -2.05. The van der Waals surface area contributed by atoms with Gasteiger partial charge in [-0.1, -0.05) is 56.0 Å². The highest BCUT2D eigenvalue weighted by Crippen LogP contribution is 2.28. The third-order valence-electron chi connectivity index (χ3n) is 2.08. The molecule has 0 bridgehead atoms. The topological polar surface area (TPSA) is 0 Å². The predicted molar refractivity (Wildman–Crippen MR) is 77.5 cm³/mol. The fourth-order valence-corrected chi connectivity index (χ4v) is 5.82. The Kier molecular flexibility index (Phi) is 10.5. The van der Waals surface area contributed by atoms with E-state index in [1.54, 1.807) is 0 Å². The fourth-order valence-electron chi connectivity index (χ4n) is 1.23. The molecule has 0 atom stereocenters. The van der Waals surface area contributed by atoms with Crippen LogP contribution in [0.1, 0.15) is 38.5 Å². The van der Waals surface area contributed by atoms with Crippen molar-refractivity contribution in [2.45, 2.75) is 38.5 Å². The molecular weight excluding hydrogens is 248 g/mol. The van der Waals surface area contributed by atoms with Crippen molar-refractivity contribution in [3.05, 3.63) is 0 Å². The van der Waals surface area contributed by atoms with Crippen molar-refractivity contribution < 1.29 is 0 Å². The first kappa shape index (κ1) is 13.5. The van der Waals surface area contributed by atoms with Gasteiger partial charge in [-0.3, -0.25) is 0 Å². The fraction of sp³-hybridized carbons (Fsp3) is 1.00. The molecule has 0 nitrogen and oxygen atoms in total. The minimum absolute atomic E-state index is 1.36. The third kappa shape index (κ3) is 8.69. The van der Waals surface area contributed by atoms with Crippen molar-refractivity contribution in [1.82, 2.24) is 0 Å². The van der Waals surface area contributed by atoms with Gasteiger partial charge in [-0.25, -0.2) is 0 Å². The molecular formula is C10H20S4. The molecule has 0 aromatic heterocycles. The van der Waals surface area contributed by atoms with E-state index >= 15 is 0 Å². The van der Waals surface area contributed by atoms with Crippen LogP contribution >= 0.6 is 43.2 Å². The van der Waals surface area contributed by atoms with Crippen molar-refractivity contribution in [2.24, 2.45) is 0 Å². The molecule has 1 rings (SSSR count). The van der Waals surface area contributed by atoms with Crippen LogP contribution in [0.2, 0.25) is 0 Å². The minimum Gasteiger partial charge on any atom is -0.0942 e. The van der Waals surface area contributed by atoms with Crippen LogP contribution in [0.15, 0.2) is 0 Å². The molecule has 0 aliphatic carbocycles. The molecule has 1 fully saturated rings. The van der Waals surface area contributed by atoms with Gasteiger partial charge in [0.25, 0.3) is 0 Å². The van der Waals surface area contributed by atoms with E-state index in [4.69, 9.17) is 0 Å². The molecule has 0 aromatic rings. The SMILES string of the molecule is C1CCSSCCCCCSSCC1. The summed E-state index contributed by atoms with van der Waals surface area (Å²) in [6.07, 6.45) is 8.54. The quantitative estimate of drug-likeness (QED) is 0.560. The third-order valence-corrected chi connectivity index (χ3v) is 7.23. The largest absolute Gasteiger partial charge is 0.0942 e. The standard InChI is InChI=1S/C10H20S4/c1-3-7-11-13-9-5-2-6-10-14-12-8-4-1/h1-10H2. The number of hydrogen-bond acceptors (Lipinski definition) is 4. The summed E-state index contributed by atoms with van der Waals surface area (Å²) >= 11 is 0. The molecule has 1 aliphatic rings. The van der Waals surface area contributed by atoms with Gasteiger partial charge in [0.2, 0.25) is 0 Å². The lowest BCUT2D eigenvalue weighted by atomic mass is 10.3. The Morgan fingerprint density at radius 3 is 0.929 bits per heavy atom. The summed E-state index contributed by atoms with van der Waals surface area (Å²) in [7, 11) is 8.34. The van der Waals surface area contributed by atoms with Crippen LogP contribution in [0, 0.1) is 0 Å². The molecule has 84 valence electrons. The van der Waals surface area contributed by atoms with E-state index in [-0.39, 0.29) is 0 Å². The molecule has 14 heavy (non-hydrogen) atoms. The molecule has 0 N–H and O–H groups in total. The van der Waals surface area contributed by atoms with Gasteiger partial charge in [-0.15, -0.1) is 0 Å². The van der Waals surface area contributed by atoms with Crippen LogP contribution in [-0.2, 0) is 0 Å². The van der Waals surface area contributed by atoms with Crippen LogP contribution in [0.25, 0.3) is 0 Å². The van der Waals surface area contributed by atoms with E-state index in [1.165, 1.54) is 61.5 Å². The molecule has 0 saturated carbocycles. The summed E-state index contributed by atoms with van der Waals surface area (Å²) < 4.78 is 0. The van der Waals surface area contributed by atoms with Gasteiger partial charge < -0.3 is 0 Å². The number of hydrogen-bond donors (Lipinski definition) is 0. The van der Waals surface area contributed by atoms with Crippen LogP contribution < -0.4 is 0 Å². The molecule has 0 unspecified atom stereocenters. The smallest absolute Gasteiger partial charge is 0.00369 e. The van der Waals surface area contributed by atoms with Crippen LogP contribution in [0.4, 0.5) is 0 Å². The highest BCUT2D eigenvalue weighted by atomic mass is 33.1. The first-order chi connectivity index (χ1) is 7.00. The van der Waals surface area contributed by atoms with Gasteiger partial charge in [0, 0.05) is 23.0 Å². The van der Waals surface area contributed by atoms with Crippen molar-refractivity contribution >= 4 is 43.2 Å². The van der Waals surface area contributed by atoms with E-state index in [0.717, 1.165) is 0 Å². The highest BCUT2D eigenvalue weighted by molar-refractivity contribution is 8.77. The Bertz CT molecular complexity index is 65.4. The Labute approximate surface area is 104 Å². The number of rotatable bonds is 0. The first-order valence-electron chi connectivity index (χ1n) is 5.49. The van der Waals surface area contributed by atoms with Gasteiger partial charge in [0.05, 0.1) is 0 Å². The lowest BCUT2D eigenvalue weighted by Crippen LogP contribution is -1.86. The maximum Gasteiger partial charge on any atom is 0.00369 e. The molecule has 0 amide bonds. The summed E-state index contributed by atoms with van der Waals surface area (Å²) in [5.74, 6) is 5.45. The van der Waals surface area contributed by atoms with Crippen LogP contribution in [-0.4, -0.2) is 23.0 Å². The normalized spacial score (nSPS) is 24.0. The van der Waals surface area contributed by atoms with E-state index in [9.17, 15) is 0 Å². The Balaban J connectivity index is 2.00. The monoisotopic (exact) mass is 268 g/mol. The summed E-state index contributed by atoms with van der Waals surface area (Å²) in [5, 5.41) is 0. The Morgan fingerprint density at radius 2 is 0.643 bits per heavy atom. The van der Waals surface area contributed by atoms with Crippen molar-refractivity contribution in [2.75, 3.05) is 23.0 Å². The van der Waals surface area contributed by atoms with Gasteiger partial charge in [0.15, 0.2) is 0 Å². The maximum atomic E-state index is 2.08. The average Bonchev–Trinajstić information content (AvgIpc) is 2.22. The predicted octanol–water partition coefficient (Wildman–Crippen LogP) is 5.10. The Hall–Kier alpha value is 1.40. The summed E-state index contributed by atoms with van der Waals surface area (Å²) in [6, 6.07) is 0. The van der Waals surface area contributed by atoms with E-state index in [1.807, 2.05) is 0 Å². The summed E-state index contributed by atoms with van der Waals surface area (Å²) in [4.78, 5) is 0. The maximum absolute atomic E-state index is 2.08. The zero-order valence-corrected chi connectivity index (χ0v) is 12.0. The zero-order chi connectivity index (χ0) is 9.90. The molecule has 1 heterocycles. The first-order valence-corrected chi connectivity index (χ1v) is 10.5. The molecule has 1 saturated heterocycles. The van der Waals surface area contributed by atoms with E-state index < -0.39 is 0 Å². The van der Waals surface area contributed by atoms with Gasteiger partial charge in [-0.2, -0.15) is 0 Å².